The van der Waals surface area contributed by atoms with Gasteiger partial charge in [0, 0.05) is 11.2 Å². The minimum Gasteiger partial charge on any atom is -0.346 e. The Morgan fingerprint density at radius 2 is 2.29 bits per heavy atom. The van der Waals surface area contributed by atoms with Crippen LogP contribution in [0.3, 0.4) is 0 Å². The fourth-order valence-corrected chi connectivity index (χ4v) is 0.955. The lowest BCUT2D eigenvalue weighted by Gasteiger charge is -2.02. The van der Waals surface area contributed by atoms with Crippen LogP contribution in [0.5, 0.6) is 0 Å². The first-order valence-corrected chi connectivity index (χ1v) is 4.58. The molecule has 5 heteroatoms. The number of halogens is 2. The lowest BCUT2D eigenvalue weighted by Crippen LogP contribution is -2.25. The predicted molar refractivity (Wildman–Crippen MR) is 56.6 cm³/mol. The van der Waals surface area contributed by atoms with E-state index in [-0.39, 0.29) is 12.5 Å². The molecule has 0 aliphatic heterocycles. The van der Waals surface area contributed by atoms with E-state index in [1.165, 1.54) is 12.3 Å². The Morgan fingerprint density at radius 1 is 1.57 bits per heavy atom. The molecule has 0 saturated carbocycles. The summed E-state index contributed by atoms with van der Waals surface area (Å²) in [5, 5.41) is 3.40. The van der Waals surface area contributed by atoms with Crippen LogP contribution in [0.1, 0.15) is 10.5 Å². The van der Waals surface area contributed by atoms with E-state index in [2.05, 4.69) is 16.9 Å². The largest absolute Gasteiger partial charge is 0.346 e. The maximum Gasteiger partial charge on any atom is 0.270 e. The maximum atomic E-state index is 11.3. The third-order valence-electron chi connectivity index (χ3n) is 1.40. The topological polar surface area (TPSA) is 42.0 Å². The molecule has 3 nitrogen and oxygen atoms in total. The van der Waals surface area contributed by atoms with Crippen molar-refractivity contribution in [3.05, 3.63) is 40.7 Å². The van der Waals surface area contributed by atoms with Crippen molar-refractivity contribution in [2.45, 2.75) is 0 Å². The van der Waals surface area contributed by atoms with Crippen molar-refractivity contribution in [2.24, 2.45) is 0 Å². The second-order valence-corrected chi connectivity index (χ2v) is 3.53. The monoisotopic (exact) mass is 230 g/mol. The van der Waals surface area contributed by atoms with E-state index in [1.807, 2.05) is 0 Å². The van der Waals surface area contributed by atoms with Gasteiger partial charge < -0.3 is 5.32 Å². The molecule has 14 heavy (non-hydrogen) atoms. The molecular formula is C9H8Cl2N2O. The molecule has 1 aromatic rings. The number of hydrogen-bond acceptors (Lipinski definition) is 2. The summed E-state index contributed by atoms with van der Waals surface area (Å²) in [7, 11) is 0. The quantitative estimate of drug-likeness (QED) is 0.866. The second kappa shape index (κ2) is 4.98. The Morgan fingerprint density at radius 3 is 2.79 bits per heavy atom. The van der Waals surface area contributed by atoms with Gasteiger partial charge in [0.25, 0.3) is 5.91 Å². The summed E-state index contributed by atoms with van der Waals surface area (Å²) < 4.78 is 0. The van der Waals surface area contributed by atoms with E-state index in [4.69, 9.17) is 23.2 Å². The molecule has 0 saturated heterocycles. The molecule has 74 valence electrons. The smallest absolute Gasteiger partial charge is 0.270 e. The van der Waals surface area contributed by atoms with Crippen molar-refractivity contribution in [3.8, 4) is 0 Å². The van der Waals surface area contributed by atoms with Crippen LogP contribution < -0.4 is 5.32 Å². The molecule has 1 heterocycles. The fourth-order valence-electron chi connectivity index (χ4n) is 0.777. The summed E-state index contributed by atoms with van der Waals surface area (Å²) in [4.78, 5) is 15.2. The number of carbonyl (C=O) groups excluding carboxylic acids is 1. The number of rotatable bonds is 3. The zero-order valence-electron chi connectivity index (χ0n) is 7.26. The maximum absolute atomic E-state index is 11.3. The molecule has 0 atom stereocenters. The first kappa shape index (κ1) is 11.0. The Balaban J connectivity index is 2.61. The normalized spacial score (nSPS) is 9.57. The van der Waals surface area contributed by atoms with Gasteiger partial charge in [-0.2, -0.15) is 0 Å². The minimum atomic E-state index is -0.302. The van der Waals surface area contributed by atoms with Gasteiger partial charge in [-0.05, 0) is 12.1 Å². The number of aromatic nitrogens is 1. The second-order valence-electron chi connectivity index (χ2n) is 2.56. The fraction of sp³-hybridized carbons (Fsp3) is 0.111. The van der Waals surface area contributed by atoms with Gasteiger partial charge in [0.2, 0.25) is 0 Å². The minimum absolute atomic E-state index is 0.227. The van der Waals surface area contributed by atoms with Crippen LogP contribution in [0.4, 0.5) is 0 Å². The summed E-state index contributed by atoms with van der Waals surface area (Å²) in [5.74, 6) is -0.302. The standard InChI is InChI=1S/C9H8Cl2N2O/c1-6(10)4-13-9(14)8-3-2-7(11)5-12-8/h2-3,5H,1,4H2,(H,13,14). The van der Waals surface area contributed by atoms with E-state index < -0.39 is 0 Å². The summed E-state index contributed by atoms with van der Waals surface area (Å²) in [6, 6.07) is 3.13. The molecule has 0 aliphatic carbocycles. The van der Waals surface area contributed by atoms with Crippen LogP contribution in [0.2, 0.25) is 5.02 Å². The number of nitrogens with one attached hydrogen (secondary N) is 1. The highest BCUT2D eigenvalue weighted by molar-refractivity contribution is 6.30. The van der Waals surface area contributed by atoms with Crippen LogP contribution in [-0.4, -0.2) is 17.4 Å². The first-order valence-electron chi connectivity index (χ1n) is 3.82. The molecular weight excluding hydrogens is 223 g/mol. The molecule has 0 unspecified atom stereocenters. The molecule has 1 amide bonds. The van der Waals surface area contributed by atoms with E-state index in [0.29, 0.717) is 15.7 Å². The predicted octanol–water partition coefficient (Wildman–Crippen LogP) is 2.22. The van der Waals surface area contributed by atoms with Gasteiger partial charge in [-0.3, -0.25) is 4.79 Å². The van der Waals surface area contributed by atoms with Gasteiger partial charge in [0.15, 0.2) is 0 Å². The molecule has 0 aliphatic rings. The molecule has 0 aromatic carbocycles. The summed E-state index contributed by atoms with van der Waals surface area (Å²) in [5.41, 5.74) is 0.298. The zero-order chi connectivity index (χ0) is 10.6. The summed E-state index contributed by atoms with van der Waals surface area (Å²) in [6.45, 7) is 3.67. The van der Waals surface area contributed by atoms with Crippen LogP contribution in [0.15, 0.2) is 29.9 Å². The number of amides is 1. The summed E-state index contributed by atoms with van der Waals surface area (Å²) >= 11 is 11.1. The number of nitrogens with zero attached hydrogens (tertiary/aromatic N) is 1. The Labute approximate surface area is 91.7 Å². The van der Waals surface area contributed by atoms with Gasteiger partial charge in [-0.15, -0.1) is 0 Å². The van der Waals surface area contributed by atoms with Gasteiger partial charge in [-0.1, -0.05) is 29.8 Å². The van der Waals surface area contributed by atoms with Crippen molar-refractivity contribution in [3.63, 3.8) is 0 Å². The van der Waals surface area contributed by atoms with Gasteiger partial charge in [-0.25, -0.2) is 4.98 Å². The highest BCUT2D eigenvalue weighted by Gasteiger charge is 2.05. The zero-order valence-corrected chi connectivity index (χ0v) is 8.77. The lowest BCUT2D eigenvalue weighted by atomic mass is 10.3. The third kappa shape index (κ3) is 3.36. The van der Waals surface area contributed by atoms with Gasteiger partial charge in [0.1, 0.15) is 5.69 Å². The molecule has 1 aromatic heterocycles. The van der Waals surface area contributed by atoms with Crippen LogP contribution in [-0.2, 0) is 0 Å². The van der Waals surface area contributed by atoms with Crippen LogP contribution in [0.25, 0.3) is 0 Å². The van der Waals surface area contributed by atoms with Gasteiger partial charge in [0.05, 0.1) is 11.6 Å². The molecule has 1 rings (SSSR count). The van der Waals surface area contributed by atoms with Crippen LogP contribution >= 0.6 is 23.2 Å². The summed E-state index contributed by atoms with van der Waals surface area (Å²) in [6.07, 6.45) is 1.41. The molecule has 0 radical (unpaired) electrons. The third-order valence-corrected chi connectivity index (χ3v) is 1.76. The van der Waals surface area contributed by atoms with Crippen molar-refractivity contribution >= 4 is 29.1 Å². The highest BCUT2D eigenvalue weighted by atomic mass is 35.5. The molecule has 0 spiro atoms. The van der Waals surface area contributed by atoms with Gasteiger partial charge >= 0.3 is 0 Å². The van der Waals surface area contributed by atoms with Crippen molar-refractivity contribution in [1.29, 1.82) is 0 Å². The average Bonchev–Trinajstić information content (AvgIpc) is 2.15. The van der Waals surface area contributed by atoms with Crippen molar-refractivity contribution in [2.75, 3.05) is 6.54 Å². The van der Waals surface area contributed by atoms with Crippen LogP contribution in [0, 0.1) is 0 Å². The molecule has 1 N–H and O–H groups in total. The van der Waals surface area contributed by atoms with E-state index >= 15 is 0 Å². The SMILES string of the molecule is C=C(Cl)CNC(=O)c1ccc(Cl)cn1. The highest BCUT2D eigenvalue weighted by Crippen LogP contribution is 2.06. The van der Waals surface area contributed by atoms with E-state index in [0.717, 1.165) is 0 Å². The van der Waals surface area contributed by atoms with E-state index in [9.17, 15) is 4.79 Å². The number of carbonyl (C=O) groups is 1. The van der Waals surface area contributed by atoms with E-state index in [1.54, 1.807) is 6.07 Å². The average molecular weight is 231 g/mol. The Kier molecular flexibility index (Phi) is 3.92. The van der Waals surface area contributed by atoms with Crippen molar-refractivity contribution < 1.29 is 4.79 Å². The Bertz CT molecular complexity index is 348. The lowest BCUT2D eigenvalue weighted by molar-refractivity contribution is 0.0952. The first-order chi connectivity index (χ1) is 6.59. The molecule has 0 bridgehead atoms. The number of pyridine rings is 1. The molecule has 0 fully saturated rings. The van der Waals surface area contributed by atoms with Crippen molar-refractivity contribution in [1.82, 2.24) is 10.3 Å². The Hall–Kier alpha value is -1.06. The number of hydrogen-bond donors (Lipinski definition) is 1.